The smallest absolute Gasteiger partial charge is 0.339 e. The van der Waals surface area contributed by atoms with Gasteiger partial charge in [-0.3, -0.25) is 0 Å². The first-order valence-electron chi connectivity index (χ1n) is 12.4. The second-order valence-electron chi connectivity index (χ2n) is 9.08. The molecule has 1 heterocycles. The fourth-order valence-electron chi connectivity index (χ4n) is 4.68. The monoisotopic (exact) mass is 441 g/mol. The Labute approximate surface area is 198 Å². The van der Waals surface area contributed by atoms with E-state index in [9.17, 15) is 4.79 Å². The molecule has 0 amide bonds. The van der Waals surface area contributed by atoms with E-state index in [1.807, 2.05) is 42.5 Å². The number of unbranched alkanes of at least 4 members (excludes halogenated alkanes) is 3. The summed E-state index contributed by atoms with van der Waals surface area (Å²) in [5.41, 5.74) is 4.79. The number of esters is 1. The van der Waals surface area contributed by atoms with E-state index < -0.39 is 5.60 Å². The summed E-state index contributed by atoms with van der Waals surface area (Å²) in [6, 6.07) is 26.8. The average Bonchev–Trinajstić information content (AvgIpc) is 2.88. The van der Waals surface area contributed by atoms with Crippen LogP contribution in [0.4, 0.5) is 0 Å². The number of aryl methyl sites for hydroxylation is 1. The molecule has 0 radical (unpaired) electrons. The molecule has 172 valence electrons. The van der Waals surface area contributed by atoms with E-state index in [0.717, 1.165) is 43.5 Å². The molecule has 3 aromatic rings. The van der Waals surface area contributed by atoms with E-state index in [2.05, 4.69) is 48.6 Å². The Balaban J connectivity index is 1.42. The number of rotatable bonds is 9. The largest absolute Gasteiger partial charge is 0.450 e. The van der Waals surface area contributed by atoms with Crippen molar-refractivity contribution in [1.29, 1.82) is 0 Å². The molecule has 0 aromatic heterocycles. The molecule has 0 atom stereocenters. The molecule has 0 saturated carbocycles. The van der Waals surface area contributed by atoms with E-state index in [0.29, 0.717) is 5.56 Å². The first-order chi connectivity index (χ1) is 16.2. The molecule has 0 bridgehead atoms. The molecule has 3 nitrogen and oxygen atoms in total. The molecule has 0 aliphatic carbocycles. The second-order valence-corrected chi connectivity index (χ2v) is 9.08. The molecule has 3 aromatic carbocycles. The molecule has 4 rings (SSSR count). The first-order valence-corrected chi connectivity index (χ1v) is 12.4. The van der Waals surface area contributed by atoms with Gasteiger partial charge in [-0.1, -0.05) is 92.9 Å². The van der Waals surface area contributed by atoms with Crippen LogP contribution in [-0.4, -0.2) is 19.1 Å². The van der Waals surface area contributed by atoms with Crippen LogP contribution >= 0.6 is 0 Å². The minimum Gasteiger partial charge on any atom is -0.450 e. The summed E-state index contributed by atoms with van der Waals surface area (Å²) in [4.78, 5) is 13.1. The van der Waals surface area contributed by atoms with Crippen LogP contribution in [0.3, 0.4) is 0 Å². The van der Waals surface area contributed by atoms with Crippen LogP contribution in [0.5, 0.6) is 0 Å². The van der Waals surface area contributed by atoms with Gasteiger partial charge in [0.25, 0.3) is 0 Å². The fraction of sp³-hybridized carbons (Fsp3) is 0.367. The van der Waals surface area contributed by atoms with Crippen LogP contribution in [0.15, 0.2) is 78.9 Å². The van der Waals surface area contributed by atoms with Crippen molar-refractivity contribution in [2.75, 3.05) is 13.1 Å². The maximum absolute atomic E-state index is 13.1. The second kappa shape index (κ2) is 11.3. The van der Waals surface area contributed by atoms with Crippen molar-refractivity contribution >= 4 is 5.97 Å². The number of piperidine rings is 1. The zero-order chi connectivity index (χ0) is 22.9. The van der Waals surface area contributed by atoms with Crippen LogP contribution in [0.2, 0.25) is 0 Å². The van der Waals surface area contributed by atoms with Crippen molar-refractivity contribution in [3.8, 4) is 11.1 Å². The molecular weight excluding hydrogens is 406 g/mol. The van der Waals surface area contributed by atoms with Gasteiger partial charge in [-0.15, -0.1) is 0 Å². The topological polar surface area (TPSA) is 38.3 Å². The maximum atomic E-state index is 13.1. The highest BCUT2D eigenvalue weighted by molar-refractivity contribution is 5.90. The molecular formula is C30H35NO2. The lowest BCUT2D eigenvalue weighted by Gasteiger charge is -2.37. The fourth-order valence-corrected chi connectivity index (χ4v) is 4.68. The molecule has 1 N–H and O–H groups in total. The summed E-state index contributed by atoms with van der Waals surface area (Å²) < 4.78 is 6.19. The zero-order valence-electron chi connectivity index (χ0n) is 19.7. The normalized spacial score (nSPS) is 15.2. The molecule has 0 unspecified atom stereocenters. The van der Waals surface area contributed by atoms with Gasteiger partial charge in [-0.05, 0) is 60.3 Å². The lowest BCUT2D eigenvalue weighted by Crippen LogP contribution is -2.43. The quantitative estimate of drug-likeness (QED) is 0.289. The summed E-state index contributed by atoms with van der Waals surface area (Å²) >= 11 is 0. The van der Waals surface area contributed by atoms with Crippen LogP contribution in [0.25, 0.3) is 11.1 Å². The van der Waals surface area contributed by atoms with Gasteiger partial charge in [0.2, 0.25) is 0 Å². The number of carbonyl (C=O) groups excluding carboxylic acids is 1. The van der Waals surface area contributed by atoms with Crippen LogP contribution < -0.4 is 5.32 Å². The predicted octanol–water partition coefficient (Wildman–Crippen LogP) is 6.91. The molecule has 1 fully saturated rings. The molecule has 1 aliphatic heterocycles. The highest BCUT2D eigenvalue weighted by atomic mass is 16.6. The Kier molecular flexibility index (Phi) is 7.96. The van der Waals surface area contributed by atoms with Gasteiger partial charge in [-0.25, -0.2) is 4.79 Å². The van der Waals surface area contributed by atoms with Gasteiger partial charge < -0.3 is 10.1 Å². The Hall–Kier alpha value is -2.91. The minimum absolute atomic E-state index is 0.255. The van der Waals surface area contributed by atoms with Crippen molar-refractivity contribution in [3.05, 3.63) is 95.6 Å². The Morgan fingerprint density at radius 1 is 0.818 bits per heavy atom. The van der Waals surface area contributed by atoms with Gasteiger partial charge >= 0.3 is 5.97 Å². The van der Waals surface area contributed by atoms with E-state index in [1.165, 1.54) is 36.8 Å². The zero-order valence-corrected chi connectivity index (χ0v) is 19.7. The highest BCUT2D eigenvalue weighted by Gasteiger charge is 2.38. The van der Waals surface area contributed by atoms with Crippen molar-refractivity contribution in [3.63, 3.8) is 0 Å². The summed E-state index contributed by atoms with van der Waals surface area (Å²) in [6.07, 6.45) is 7.85. The number of nitrogens with one attached hydrogen (secondary N) is 1. The van der Waals surface area contributed by atoms with Gasteiger partial charge in [0.05, 0.1) is 5.56 Å². The summed E-state index contributed by atoms with van der Waals surface area (Å²) in [5.74, 6) is -0.255. The molecule has 33 heavy (non-hydrogen) atoms. The third-order valence-corrected chi connectivity index (χ3v) is 6.73. The number of hydrogen-bond donors (Lipinski definition) is 1. The molecule has 1 saturated heterocycles. The van der Waals surface area contributed by atoms with Crippen molar-refractivity contribution < 1.29 is 9.53 Å². The van der Waals surface area contributed by atoms with E-state index in [1.54, 1.807) is 0 Å². The number of carbonyl (C=O) groups is 1. The van der Waals surface area contributed by atoms with Crippen molar-refractivity contribution in [2.45, 2.75) is 57.5 Å². The average molecular weight is 442 g/mol. The minimum atomic E-state index is -0.560. The Bertz CT molecular complexity index is 1000. The summed E-state index contributed by atoms with van der Waals surface area (Å²) in [5, 5.41) is 3.38. The van der Waals surface area contributed by atoms with Gasteiger partial charge in [0.1, 0.15) is 5.60 Å². The molecule has 0 spiro atoms. The van der Waals surface area contributed by atoms with Crippen molar-refractivity contribution in [2.24, 2.45) is 0 Å². The SMILES string of the molecule is CCCCCCc1ccc(-c2ccc(C(=O)OC3(c4ccccc4)CCNCC3)cc2)cc1. The van der Waals surface area contributed by atoms with E-state index in [-0.39, 0.29) is 5.97 Å². The molecule has 1 aliphatic rings. The summed E-state index contributed by atoms with van der Waals surface area (Å²) in [7, 11) is 0. The standard InChI is InChI=1S/C30H35NO2/c1-2-3-4-6-9-24-12-14-25(15-13-24)26-16-18-27(19-17-26)29(32)33-30(20-22-31-23-21-30)28-10-7-5-8-11-28/h5,7-8,10-19,31H,2-4,6,9,20-23H2,1H3. The third kappa shape index (κ3) is 5.91. The Morgan fingerprint density at radius 3 is 2.09 bits per heavy atom. The van der Waals surface area contributed by atoms with Crippen LogP contribution in [-0.2, 0) is 16.8 Å². The summed E-state index contributed by atoms with van der Waals surface area (Å²) in [6.45, 7) is 3.93. The van der Waals surface area contributed by atoms with Crippen LogP contribution in [0.1, 0.15) is 66.9 Å². The lowest BCUT2D eigenvalue weighted by molar-refractivity contribution is -0.0378. The number of hydrogen-bond acceptors (Lipinski definition) is 3. The maximum Gasteiger partial charge on any atom is 0.339 e. The van der Waals surface area contributed by atoms with E-state index >= 15 is 0 Å². The number of ether oxygens (including phenoxy) is 1. The highest BCUT2D eigenvalue weighted by Crippen LogP contribution is 2.35. The van der Waals surface area contributed by atoms with Gasteiger partial charge in [-0.2, -0.15) is 0 Å². The van der Waals surface area contributed by atoms with Gasteiger partial charge in [0, 0.05) is 12.8 Å². The molecule has 3 heteroatoms. The van der Waals surface area contributed by atoms with Gasteiger partial charge in [0.15, 0.2) is 0 Å². The van der Waals surface area contributed by atoms with Crippen LogP contribution in [0, 0.1) is 0 Å². The predicted molar refractivity (Wildman–Crippen MR) is 135 cm³/mol. The van der Waals surface area contributed by atoms with E-state index in [4.69, 9.17) is 4.74 Å². The Morgan fingerprint density at radius 2 is 1.45 bits per heavy atom. The third-order valence-electron chi connectivity index (χ3n) is 6.73. The lowest BCUT2D eigenvalue weighted by atomic mass is 9.84. The van der Waals surface area contributed by atoms with Crippen molar-refractivity contribution in [1.82, 2.24) is 5.32 Å². The number of benzene rings is 3. The first kappa shape index (κ1) is 23.3.